The van der Waals surface area contributed by atoms with Gasteiger partial charge in [-0.05, 0) is 12.1 Å². The molecular formula is C13H17N7O4. The molecular weight excluding hydrogens is 318 g/mol. The molecule has 2 aromatic heterocycles. The number of imidazole rings is 1. The molecule has 0 unspecified atom stereocenters. The number of aromatic amines is 1. The van der Waals surface area contributed by atoms with Crippen molar-refractivity contribution in [1.29, 1.82) is 0 Å². The Morgan fingerprint density at radius 2 is 1.75 bits per heavy atom. The third-order valence-electron chi connectivity index (χ3n) is 3.18. The Morgan fingerprint density at radius 3 is 2.42 bits per heavy atom. The minimum Gasteiger partial charge on any atom is -0.412 e. The Hall–Kier alpha value is -3.31. The molecule has 0 fully saturated rings. The number of H-pyrrole nitrogens is 1. The van der Waals surface area contributed by atoms with E-state index in [1.54, 1.807) is 0 Å². The van der Waals surface area contributed by atoms with Crippen LogP contribution in [0.15, 0.2) is 50.3 Å². The topological polar surface area (TPSA) is 172 Å². The van der Waals surface area contributed by atoms with Crippen molar-refractivity contribution >= 4 is 22.8 Å². The molecule has 0 saturated heterocycles. The van der Waals surface area contributed by atoms with Crippen LogP contribution in [0.25, 0.3) is 11.2 Å². The molecule has 1 aromatic carbocycles. The first kappa shape index (κ1) is 18.7. The predicted molar refractivity (Wildman–Crippen MR) is 88.4 cm³/mol. The van der Waals surface area contributed by atoms with E-state index in [4.69, 9.17) is 0 Å². The zero-order chi connectivity index (χ0) is 15.7. The minimum absolute atomic E-state index is 0. The summed E-state index contributed by atoms with van der Waals surface area (Å²) in [5.41, 5.74) is 3.04. The van der Waals surface area contributed by atoms with Gasteiger partial charge in [-0.1, -0.05) is 28.5 Å². The van der Waals surface area contributed by atoms with Gasteiger partial charge in [0.05, 0.1) is 5.69 Å². The van der Waals surface area contributed by atoms with Gasteiger partial charge in [0.1, 0.15) is 0 Å². The molecule has 128 valence electrons. The molecule has 2 heterocycles. The molecule has 6 N–H and O–H groups in total. The van der Waals surface area contributed by atoms with Gasteiger partial charge >= 0.3 is 5.69 Å². The Bertz CT molecular complexity index is 972. The molecule has 0 radical (unpaired) electrons. The first-order valence-corrected chi connectivity index (χ1v) is 6.45. The van der Waals surface area contributed by atoms with Crippen LogP contribution in [-0.2, 0) is 14.1 Å². The van der Waals surface area contributed by atoms with E-state index in [2.05, 4.69) is 25.7 Å². The first-order valence-electron chi connectivity index (χ1n) is 6.45. The number of nitrogens with zero attached hydrogens (tertiary/aromatic N) is 5. The summed E-state index contributed by atoms with van der Waals surface area (Å²) in [4.78, 5) is 30.7. The highest BCUT2D eigenvalue weighted by molar-refractivity contribution is 5.71. The Morgan fingerprint density at radius 1 is 1.08 bits per heavy atom. The van der Waals surface area contributed by atoms with Crippen LogP contribution in [0.5, 0.6) is 0 Å². The number of aryl methyl sites for hydroxylation is 1. The zero-order valence-corrected chi connectivity index (χ0v) is 12.9. The van der Waals surface area contributed by atoms with Crippen LogP contribution >= 0.6 is 0 Å². The van der Waals surface area contributed by atoms with Crippen molar-refractivity contribution < 1.29 is 11.0 Å². The van der Waals surface area contributed by atoms with E-state index in [9.17, 15) is 9.59 Å². The minimum atomic E-state index is -0.455. The molecule has 11 nitrogen and oxygen atoms in total. The molecule has 0 atom stereocenters. The number of rotatable bonds is 3. The normalized spacial score (nSPS) is 10.4. The molecule has 11 heteroatoms. The van der Waals surface area contributed by atoms with Crippen molar-refractivity contribution in [3.63, 3.8) is 0 Å². The maximum Gasteiger partial charge on any atom is 0.332 e. The van der Waals surface area contributed by atoms with Gasteiger partial charge in [0.2, 0.25) is 0 Å². The molecule has 0 aliphatic carbocycles. The van der Waals surface area contributed by atoms with Gasteiger partial charge in [0, 0.05) is 14.1 Å². The predicted octanol–water partition coefficient (Wildman–Crippen LogP) is -0.578. The highest BCUT2D eigenvalue weighted by Gasteiger charge is 2.12. The van der Waals surface area contributed by atoms with Gasteiger partial charge in [-0.25, -0.2) is 4.79 Å². The lowest BCUT2D eigenvalue weighted by atomic mass is 10.3. The van der Waals surface area contributed by atoms with Crippen LogP contribution in [0.3, 0.4) is 0 Å². The van der Waals surface area contributed by atoms with Crippen LogP contribution in [0.2, 0.25) is 0 Å². The lowest BCUT2D eigenvalue weighted by Crippen LogP contribution is -2.36. The first-order chi connectivity index (χ1) is 10.6. The maximum atomic E-state index is 12.0. The van der Waals surface area contributed by atoms with Crippen LogP contribution in [0.1, 0.15) is 0 Å². The third kappa shape index (κ3) is 3.21. The Labute approximate surface area is 134 Å². The second kappa shape index (κ2) is 7.30. The fourth-order valence-electron chi connectivity index (χ4n) is 2.00. The molecule has 0 aliphatic heterocycles. The summed E-state index contributed by atoms with van der Waals surface area (Å²) in [6.45, 7) is 0. The molecule has 0 saturated carbocycles. The highest BCUT2D eigenvalue weighted by Crippen LogP contribution is 2.12. The van der Waals surface area contributed by atoms with Gasteiger partial charge in [0.25, 0.3) is 11.5 Å². The second-order valence-corrected chi connectivity index (χ2v) is 4.64. The van der Waals surface area contributed by atoms with Gasteiger partial charge in [-0.15, -0.1) is 0 Å². The van der Waals surface area contributed by atoms with E-state index in [1.807, 2.05) is 30.3 Å². The molecule has 0 aliphatic rings. The molecule has 0 bridgehead atoms. The van der Waals surface area contributed by atoms with Gasteiger partial charge in [0.15, 0.2) is 11.2 Å². The molecule has 0 amide bonds. The van der Waals surface area contributed by atoms with Crippen LogP contribution in [0.4, 0.5) is 11.6 Å². The summed E-state index contributed by atoms with van der Waals surface area (Å²) in [5.74, 6) is 0.136. The number of nitrogens with one attached hydrogen (secondary N) is 2. The third-order valence-corrected chi connectivity index (χ3v) is 3.18. The summed E-state index contributed by atoms with van der Waals surface area (Å²) >= 11 is 0. The number of fused-ring (bicyclic) bond motifs is 1. The quantitative estimate of drug-likeness (QED) is 0.481. The smallest absolute Gasteiger partial charge is 0.332 e. The molecule has 24 heavy (non-hydrogen) atoms. The van der Waals surface area contributed by atoms with Crippen molar-refractivity contribution in [1.82, 2.24) is 19.1 Å². The van der Waals surface area contributed by atoms with E-state index in [-0.39, 0.29) is 28.1 Å². The number of aromatic nitrogens is 4. The number of hydrogen-bond donors (Lipinski definition) is 2. The summed E-state index contributed by atoms with van der Waals surface area (Å²) in [6, 6.07) is 9.27. The molecule has 3 rings (SSSR count). The summed E-state index contributed by atoms with van der Waals surface area (Å²) < 4.78 is 2.28. The van der Waals surface area contributed by atoms with E-state index in [0.717, 1.165) is 10.3 Å². The summed E-state index contributed by atoms with van der Waals surface area (Å²) in [6.07, 6.45) is 0. The van der Waals surface area contributed by atoms with Gasteiger partial charge in [-0.2, -0.15) is 4.98 Å². The average molecular weight is 335 g/mol. The van der Waals surface area contributed by atoms with Crippen molar-refractivity contribution in [2.45, 2.75) is 0 Å². The van der Waals surface area contributed by atoms with Crippen molar-refractivity contribution in [3.05, 3.63) is 51.2 Å². The summed E-state index contributed by atoms with van der Waals surface area (Å²) in [7, 11) is 2.94. The largest absolute Gasteiger partial charge is 0.412 e. The fourth-order valence-corrected chi connectivity index (χ4v) is 2.00. The number of hydrogen-bond acceptors (Lipinski definition) is 5. The van der Waals surface area contributed by atoms with Gasteiger partial charge < -0.3 is 15.9 Å². The fraction of sp³-hybridized carbons (Fsp3) is 0.154. The molecule has 0 spiro atoms. The molecule has 3 aromatic rings. The standard InChI is InChI=1S/C13H13N7O2.2H2O/c1-19-10-9(11(21)20(2)13(19)22)14-12(15-10)17-18-16-8-6-4-3-5-7-8;;/h3-7H,1-2H3,(H2,14,15,16,17);2*1H2. The highest BCUT2D eigenvalue weighted by atomic mass is 16.2. The van der Waals surface area contributed by atoms with Crippen molar-refractivity contribution in [2.75, 3.05) is 5.43 Å². The Balaban J connectivity index is 0.00000144. The SMILES string of the molecule is Cn1c(=O)c2[nH]c(/N=N/Nc3ccccc3)nc2n(C)c1=O.O.O. The number of anilines is 1. The van der Waals surface area contributed by atoms with E-state index >= 15 is 0 Å². The van der Waals surface area contributed by atoms with Crippen LogP contribution in [0, 0.1) is 0 Å². The zero-order valence-electron chi connectivity index (χ0n) is 12.9. The lowest BCUT2D eigenvalue weighted by Gasteiger charge is -2.00. The lowest BCUT2D eigenvalue weighted by molar-refractivity contribution is 0.709. The number of benzene rings is 1. The van der Waals surface area contributed by atoms with Crippen molar-refractivity contribution in [3.8, 4) is 0 Å². The monoisotopic (exact) mass is 335 g/mol. The summed E-state index contributed by atoms with van der Waals surface area (Å²) in [5, 5.41) is 7.66. The van der Waals surface area contributed by atoms with E-state index in [1.165, 1.54) is 18.7 Å². The van der Waals surface area contributed by atoms with Crippen molar-refractivity contribution in [2.24, 2.45) is 24.4 Å². The number of para-hydroxylation sites is 1. The van der Waals surface area contributed by atoms with Gasteiger partial charge in [-0.3, -0.25) is 19.4 Å². The maximum absolute atomic E-state index is 12.0. The average Bonchev–Trinajstić information content (AvgIpc) is 2.96. The van der Waals surface area contributed by atoms with Crippen LogP contribution < -0.4 is 16.7 Å². The second-order valence-electron chi connectivity index (χ2n) is 4.64. The van der Waals surface area contributed by atoms with Crippen LogP contribution in [-0.4, -0.2) is 30.1 Å². The Kier molecular flexibility index (Phi) is 5.70. The van der Waals surface area contributed by atoms with E-state index < -0.39 is 11.2 Å². The van der Waals surface area contributed by atoms with E-state index in [0.29, 0.717) is 0 Å².